The van der Waals surface area contributed by atoms with Crippen molar-refractivity contribution in [3.63, 3.8) is 0 Å². The lowest BCUT2D eigenvalue weighted by Gasteiger charge is -2.19. The highest BCUT2D eigenvalue weighted by Gasteiger charge is 2.11. The number of halogens is 3. The van der Waals surface area contributed by atoms with Gasteiger partial charge in [-0.25, -0.2) is 5.43 Å². The van der Waals surface area contributed by atoms with Crippen molar-refractivity contribution < 1.29 is 0 Å². The summed E-state index contributed by atoms with van der Waals surface area (Å²) in [5, 5.41) is 8.76. The Kier molecular flexibility index (Phi) is 9.30. The standard InChI is InChI=1S/C21H23Cl2N7.ClH/c1-4-30(5-2)21-27-19(25-17-11-6-14(3)18(23)12-17)26-20(28-21)29-24-13-15-7-9-16(22)10-8-15;/h6-13H,4-5H2,1-3H3,(H2,25,26,27,28,29);1H/b24-13-;. The molecule has 0 amide bonds. The summed E-state index contributed by atoms with van der Waals surface area (Å²) in [5.74, 6) is 1.29. The number of anilines is 4. The number of aryl methyl sites for hydroxylation is 1. The second-order valence-electron chi connectivity index (χ2n) is 6.47. The van der Waals surface area contributed by atoms with Crippen LogP contribution in [0.15, 0.2) is 47.6 Å². The van der Waals surface area contributed by atoms with Crippen LogP contribution >= 0.6 is 35.6 Å². The Morgan fingerprint density at radius 2 is 1.65 bits per heavy atom. The summed E-state index contributed by atoms with van der Waals surface area (Å²) in [6.07, 6.45) is 1.67. The fourth-order valence-corrected chi connectivity index (χ4v) is 2.94. The molecule has 0 aliphatic heterocycles. The Labute approximate surface area is 198 Å². The maximum atomic E-state index is 6.23. The number of nitrogens with one attached hydrogen (secondary N) is 2. The summed E-state index contributed by atoms with van der Waals surface area (Å²) >= 11 is 12.1. The Morgan fingerprint density at radius 3 is 2.29 bits per heavy atom. The average molecular weight is 481 g/mol. The SMILES string of the molecule is CCN(CC)c1nc(N/N=C\c2ccc(Cl)cc2)nc(Nc2ccc(C)c(Cl)c2)n1.Cl. The molecule has 2 aromatic carbocycles. The predicted molar refractivity (Wildman–Crippen MR) is 133 cm³/mol. The van der Waals surface area contributed by atoms with Gasteiger partial charge >= 0.3 is 0 Å². The lowest BCUT2D eigenvalue weighted by molar-refractivity contribution is 0.814. The predicted octanol–water partition coefficient (Wildman–Crippen LogP) is 5.94. The van der Waals surface area contributed by atoms with E-state index in [1.165, 1.54) is 0 Å². The summed E-state index contributed by atoms with van der Waals surface area (Å²) in [6, 6.07) is 13.1. The topological polar surface area (TPSA) is 78.3 Å². The molecule has 3 rings (SSSR count). The van der Waals surface area contributed by atoms with Gasteiger partial charge < -0.3 is 10.2 Å². The molecule has 0 radical (unpaired) electrons. The van der Waals surface area contributed by atoms with E-state index in [0.29, 0.717) is 27.9 Å². The first-order valence-corrected chi connectivity index (χ1v) is 10.3. The van der Waals surface area contributed by atoms with Crippen LogP contribution < -0.4 is 15.6 Å². The Balaban J connectivity index is 0.00000341. The first-order valence-electron chi connectivity index (χ1n) is 9.57. The monoisotopic (exact) mass is 479 g/mol. The molecule has 7 nitrogen and oxygen atoms in total. The molecule has 0 aliphatic carbocycles. The second-order valence-corrected chi connectivity index (χ2v) is 7.31. The van der Waals surface area contributed by atoms with Gasteiger partial charge in [-0.2, -0.15) is 20.1 Å². The van der Waals surface area contributed by atoms with Crippen LogP contribution in [0.2, 0.25) is 10.0 Å². The quantitative estimate of drug-likeness (QED) is 0.307. The molecule has 3 aromatic rings. The summed E-state index contributed by atoms with van der Waals surface area (Å²) in [6.45, 7) is 7.58. The van der Waals surface area contributed by atoms with Crippen molar-refractivity contribution in [2.75, 3.05) is 28.7 Å². The highest BCUT2D eigenvalue weighted by molar-refractivity contribution is 6.31. The first kappa shape index (κ1) is 24.7. The Hall–Kier alpha value is -2.61. The third kappa shape index (κ3) is 6.95. The third-order valence-electron chi connectivity index (χ3n) is 4.35. The van der Waals surface area contributed by atoms with Crippen molar-refractivity contribution in [1.82, 2.24) is 15.0 Å². The van der Waals surface area contributed by atoms with Gasteiger partial charge in [0, 0.05) is 28.8 Å². The lowest BCUT2D eigenvalue weighted by atomic mass is 10.2. The van der Waals surface area contributed by atoms with Crippen molar-refractivity contribution in [1.29, 1.82) is 0 Å². The van der Waals surface area contributed by atoms with E-state index in [2.05, 4.69) is 30.8 Å². The molecule has 1 aromatic heterocycles. The van der Waals surface area contributed by atoms with E-state index in [1.807, 2.05) is 56.0 Å². The number of aromatic nitrogens is 3. The van der Waals surface area contributed by atoms with Crippen LogP contribution in [0.4, 0.5) is 23.5 Å². The van der Waals surface area contributed by atoms with Gasteiger partial charge in [-0.15, -0.1) is 12.4 Å². The minimum Gasteiger partial charge on any atom is -0.341 e. The molecule has 0 saturated heterocycles. The largest absolute Gasteiger partial charge is 0.341 e. The van der Waals surface area contributed by atoms with Crippen LogP contribution in [0.3, 0.4) is 0 Å². The molecular weight excluding hydrogens is 457 g/mol. The third-order valence-corrected chi connectivity index (χ3v) is 5.01. The van der Waals surface area contributed by atoms with Crippen molar-refractivity contribution in [2.45, 2.75) is 20.8 Å². The molecule has 0 saturated carbocycles. The van der Waals surface area contributed by atoms with Crippen LogP contribution in [-0.4, -0.2) is 34.3 Å². The van der Waals surface area contributed by atoms with Crippen LogP contribution in [0, 0.1) is 6.92 Å². The summed E-state index contributed by atoms with van der Waals surface area (Å²) < 4.78 is 0. The van der Waals surface area contributed by atoms with Gasteiger partial charge in [-0.3, -0.25) is 0 Å². The molecule has 0 aliphatic rings. The van der Waals surface area contributed by atoms with Crippen LogP contribution in [-0.2, 0) is 0 Å². The van der Waals surface area contributed by atoms with Crippen molar-refractivity contribution >= 4 is 65.4 Å². The zero-order chi connectivity index (χ0) is 21.5. The van der Waals surface area contributed by atoms with Gasteiger partial charge in [0.05, 0.1) is 6.21 Å². The highest BCUT2D eigenvalue weighted by Crippen LogP contribution is 2.23. The molecule has 0 bridgehead atoms. The Bertz CT molecular complexity index is 1020. The number of benzene rings is 2. The fraction of sp³-hybridized carbons (Fsp3) is 0.238. The molecule has 31 heavy (non-hydrogen) atoms. The minimum absolute atomic E-state index is 0. The van der Waals surface area contributed by atoms with Crippen molar-refractivity contribution in [2.24, 2.45) is 5.10 Å². The van der Waals surface area contributed by atoms with Crippen molar-refractivity contribution in [3.8, 4) is 0 Å². The van der Waals surface area contributed by atoms with E-state index in [9.17, 15) is 0 Å². The molecule has 164 valence electrons. The lowest BCUT2D eigenvalue weighted by Crippen LogP contribution is -2.25. The first-order chi connectivity index (χ1) is 14.5. The number of hydrogen-bond acceptors (Lipinski definition) is 7. The summed E-state index contributed by atoms with van der Waals surface area (Å²) in [5.41, 5.74) is 5.57. The number of nitrogens with zero attached hydrogens (tertiary/aromatic N) is 5. The average Bonchev–Trinajstić information content (AvgIpc) is 2.73. The smallest absolute Gasteiger partial charge is 0.250 e. The zero-order valence-corrected chi connectivity index (χ0v) is 19.8. The number of hydrazone groups is 1. The summed E-state index contributed by atoms with van der Waals surface area (Å²) in [7, 11) is 0. The van der Waals surface area contributed by atoms with Crippen LogP contribution in [0.25, 0.3) is 0 Å². The number of hydrogen-bond donors (Lipinski definition) is 2. The zero-order valence-electron chi connectivity index (χ0n) is 17.4. The molecule has 0 fully saturated rings. The van der Waals surface area contributed by atoms with Gasteiger partial charge in [-0.05, 0) is 56.2 Å². The van der Waals surface area contributed by atoms with Crippen LogP contribution in [0.1, 0.15) is 25.0 Å². The van der Waals surface area contributed by atoms with Gasteiger partial charge in [0.25, 0.3) is 0 Å². The van der Waals surface area contributed by atoms with E-state index in [4.69, 9.17) is 23.2 Å². The molecule has 0 atom stereocenters. The minimum atomic E-state index is 0. The van der Waals surface area contributed by atoms with Crippen molar-refractivity contribution in [3.05, 3.63) is 63.6 Å². The highest BCUT2D eigenvalue weighted by atomic mass is 35.5. The van der Waals surface area contributed by atoms with Gasteiger partial charge in [0.15, 0.2) is 0 Å². The second kappa shape index (κ2) is 11.7. The van der Waals surface area contributed by atoms with E-state index < -0.39 is 0 Å². The maximum absolute atomic E-state index is 6.23. The van der Waals surface area contributed by atoms with E-state index in [0.717, 1.165) is 29.9 Å². The number of rotatable bonds is 8. The molecule has 0 unspecified atom stereocenters. The molecule has 10 heteroatoms. The summed E-state index contributed by atoms with van der Waals surface area (Å²) in [4.78, 5) is 15.5. The molecule has 1 heterocycles. The van der Waals surface area contributed by atoms with Crippen LogP contribution in [0.5, 0.6) is 0 Å². The van der Waals surface area contributed by atoms with Gasteiger partial charge in [-0.1, -0.05) is 41.4 Å². The van der Waals surface area contributed by atoms with E-state index in [-0.39, 0.29) is 12.4 Å². The molecular formula is C21H24Cl3N7. The normalized spacial score (nSPS) is 10.6. The Morgan fingerprint density at radius 1 is 0.968 bits per heavy atom. The van der Waals surface area contributed by atoms with E-state index in [1.54, 1.807) is 18.3 Å². The van der Waals surface area contributed by atoms with E-state index >= 15 is 0 Å². The van der Waals surface area contributed by atoms with Gasteiger partial charge in [0.1, 0.15) is 0 Å². The maximum Gasteiger partial charge on any atom is 0.250 e. The fourth-order valence-electron chi connectivity index (χ4n) is 2.63. The van der Waals surface area contributed by atoms with Gasteiger partial charge in [0.2, 0.25) is 17.8 Å². The molecule has 2 N–H and O–H groups in total. The molecule has 0 spiro atoms.